The minimum absolute atomic E-state index is 0.176. The fourth-order valence-corrected chi connectivity index (χ4v) is 3.24. The van der Waals surface area contributed by atoms with Crippen molar-refractivity contribution in [2.24, 2.45) is 0 Å². The Morgan fingerprint density at radius 3 is 2.35 bits per heavy atom. The Bertz CT molecular complexity index is 679. The van der Waals surface area contributed by atoms with Gasteiger partial charge in [0.2, 0.25) is 0 Å². The molecule has 0 aromatic heterocycles. The predicted octanol–water partition coefficient (Wildman–Crippen LogP) is 3.20. The van der Waals surface area contributed by atoms with Crippen LogP contribution in [-0.4, -0.2) is 14.2 Å². The van der Waals surface area contributed by atoms with E-state index in [4.69, 9.17) is 5.73 Å². The van der Waals surface area contributed by atoms with Crippen LogP contribution in [0.3, 0.4) is 0 Å². The number of hydrogen-bond acceptors (Lipinski definition) is 4. The molecule has 0 aliphatic rings. The van der Waals surface area contributed by atoms with E-state index in [1.54, 1.807) is 24.3 Å². The largest absolute Gasteiger partial charge is 0.399 e. The first-order valence-electron chi connectivity index (χ1n) is 6.46. The lowest BCUT2D eigenvalue weighted by Gasteiger charge is -2.08. The number of nitrogens with two attached hydrogens (primary N) is 1. The Kier molecular flexibility index (Phi) is 4.29. The molecule has 0 aliphatic carbocycles. The lowest BCUT2D eigenvalue weighted by atomic mass is 10.2. The number of nitrogens with one attached hydrogen (secondary N) is 1. The first-order chi connectivity index (χ1) is 9.51. The molecule has 2 aromatic carbocycles. The summed E-state index contributed by atoms with van der Waals surface area (Å²) in [5.41, 5.74) is 8.08. The van der Waals surface area contributed by atoms with Gasteiger partial charge < -0.3 is 11.1 Å². The Hall–Kier alpha value is -2.01. The molecule has 0 radical (unpaired) electrons. The molecule has 106 valence electrons. The second-order valence-corrected chi connectivity index (χ2v) is 6.70. The van der Waals surface area contributed by atoms with Gasteiger partial charge in [-0.2, -0.15) is 0 Å². The summed E-state index contributed by atoms with van der Waals surface area (Å²) in [6, 6.07) is 14.2. The van der Waals surface area contributed by atoms with Gasteiger partial charge in [-0.3, -0.25) is 0 Å². The average molecular weight is 290 g/mol. The number of sulfone groups is 1. The van der Waals surface area contributed by atoms with Crippen molar-refractivity contribution in [2.45, 2.75) is 18.2 Å². The van der Waals surface area contributed by atoms with Crippen molar-refractivity contribution in [3.05, 3.63) is 48.5 Å². The molecule has 5 heteroatoms. The van der Waals surface area contributed by atoms with Crippen LogP contribution < -0.4 is 11.1 Å². The average Bonchev–Trinajstić information content (AvgIpc) is 2.39. The minimum Gasteiger partial charge on any atom is -0.399 e. The third-order valence-corrected chi connectivity index (χ3v) is 4.80. The van der Waals surface area contributed by atoms with Crippen LogP contribution in [0.5, 0.6) is 0 Å². The maximum atomic E-state index is 11.9. The van der Waals surface area contributed by atoms with Crippen LogP contribution in [0.2, 0.25) is 0 Å². The van der Waals surface area contributed by atoms with E-state index >= 15 is 0 Å². The van der Waals surface area contributed by atoms with Crippen LogP contribution in [0.25, 0.3) is 0 Å². The molecule has 3 N–H and O–H groups in total. The molecule has 20 heavy (non-hydrogen) atoms. The summed E-state index contributed by atoms with van der Waals surface area (Å²) in [5, 5.41) is 3.18. The van der Waals surface area contributed by atoms with E-state index in [-0.39, 0.29) is 5.75 Å². The molecule has 2 rings (SSSR count). The van der Waals surface area contributed by atoms with Gasteiger partial charge in [-0.05, 0) is 48.9 Å². The lowest BCUT2D eigenvalue weighted by Crippen LogP contribution is -2.05. The standard InChI is InChI=1S/C15H18N2O2S/c1-2-10-20(18,19)15-8-6-13(7-9-15)17-14-5-3-4-12(16)11-14/h3-9,11,17H,2,10,16H2,1H3. The molecule has 0 saturated heterocycles. The van der Waals surface area contributed by atoms with Crippen molar-refractivity contribution in [2.75, 3.05) is 16.8 Å². The fourth-order valence-electron chi connectivity index (χ4n) is 1.92. The molecule has 4 nitrogen and oxygen atoms in total. The van der Waals surface area contributed by atoms with Crippen LogP contribution in [0.4, 0.5) is 17.1 Å². The third-order valence-electron chi connectivity index (χ3n) is 2.86. The van der Waals surface area contributed by atoms with Gasteiger partial charge >= 0.3 is 0 Å². The zero-order valence-electron chi connectivity index (χ0n) is 11.3. The van der Waals surface area contributed by atoms with Gasteiger partial charge in [0.05, 0.1) is 10.6 Å². The van der Waals surface area contributed by atoms with Gasteiger partial charge in [-0.25, -0.2) is 8.42 Å². The minimum atomic E-state index is -3.15. The van der Waals surface area contributed by atoms with Crippen molar-refractivity contribution < 1.29 is 8.42 Å². The zero-order chi connectivity index (χ0) is 14.6. The zero-order valence-corrected chi connectivity index (χ0v) is 12.2. The Labute approximate surface area is 119 Å². The topological polar surface area (TPSA) is 72.2 Å². The number of rotatable bonds is 5. The summed E-state index contributed by atoms with van der Waals surface area (Å²) in [6.07, 6.45) is 0.617. The maximum Gasteiger partial charge on any atom is 0.178 e. The van der Waals surface area contributed by atoms with Crippen molar-refractivity contribution in [3.63, 3.8) is 0 Å². The van der Waals surface area contributed by atoms with Crippen LogP contribution in [0.15, 0.2) is 53.4 Å². The first-order valence-corrected chi connectivity index (χ1v) is 8.12. The maximum absolute atomic E-state index is 11.9. The van der Waals surface area contributed by atoms with Gasteiger partial charge in [0.15, 0.2) is 9.84 Å². The van der Waals surface area contributed by atoms with Gasteiger partial charge in [0.1, 0.15) is 0 Å². The fraction of sp³-hybridized carbons (Fsp3) is 0.200. The van der Waals surface area contributed by atoms with Crippen molar-refractivity contribution in [1.82, 2.24) is 0 Å². The summed E-state index contributed by atoms with van der Waals surface area (Å²) in [7, 11) is -3.15. The lowest BCUT2D eigenvalue weighted by molar-refractivity contribution is 0.595. The monoisotopic (exact) mass is 290 g/mol. The number of benzene rings is 2. The molecule has 0 aliphatic heterocycles. The highest BCUT2D eigenvalue weighted by atomic mass is 32.2. The highest BCUT2D eigenvalue weighted by molar-refractivity contribution is 7.91. The Morgan fingerprint density at radius 1 is 1.05 bits per heavy atom. The molecule has 0 atom stereocenters. The summed E-state index contributed by atoms with van der Waals surface area (Å²) >= 11 is 0. The molecule has 0 amide bonds. The molecule has 2 aromatic rings. The van der Waals surface area contributed by atoms with Crippen molar-refractivity contribution >= 4 is 26.9 Å². The Balaban J connectivity index is 2.17. The van der Waals surface area contributed by atoms with E-state index < -0.39 is 9.84 Å². The summed E-state index contributed by atoms with van der Waals surface area (Å²) < 4.78 is 23.8. The van der Waals surface area contributed by atoms with Crippen LogP contribution in [0, 0.1) is 0 Å². The van der Waals surface area contributed by atoms with E-state index in [0.29, 0.717) is 17.0 Å². The number of anilines is 3. The highest BCUT2D eigenvalue weighted by Crippen LogP contribution is 2.21. The number of nitrogen functional groups attached to an aromatic ring is 1. The van der Waals surface area contributed by atoms with Gasteiger partial charge in [0, 0.05) is 17.1 Å². The first kappa shape index (κ1) is 14.4. The molecule has 0 fully saturated rings. The summed E-state index contributed by atoms with van der Waals surface area (Å²) in [4.78, 5) is 0.359. The SMILES string of the molecule is CCCS(=O)(=O)c1ccc(Nc2cccc(N)c2)cc1. The molecule has 0 spiro atoms. The quantitative estimate of drug-likeness (QED) is 0.829. The van der Waals surface area contributed by atoms with Crippen molar-refractivity contribution in [3.8, 4) is 0 Å². The van der Waals surface area contributed by atoms with E-state index in [1.807, 2.05) is 31.2 Å². The predicted molar refractivity (Wildman–Crippen MR) is 82.9 cm³/mol. The van der Waals surface area contributed by atoms with E-state index in [2.05, 4.69) is 5.32 Å². The highest BCUT2D eigenvalue weighted by Gasteiger charge is 2.12. The Morgan fingerprint density at radius 2 is 1.75 bits per heavy atom. The van der Waals surface area contributed by atoms with E-state index in [0.717, 1.165) is 11.4 Å². The van der Waals surface area contributed by atoms with Gasteiger partial charge in [-0.1, -0.05) is 13.0 Å². The van der Waals surface area contributed by atoms with Crippen LogP contribution in [-0.2, 0) is 9.84 Å². The molecular formula is C15H18N2O2S. The van der Waals surface area contributed by atoms with E-state index in [1.165, 1.54) is 0 Å². The number of hydrogen-bond donors (Lipinski definition) is 2. The van der Waals surface area contributed by atoms with Gasteiger partial charge in [0.25, 0.3) is 0 Å². The van der Waals surface area contributed by atoms with Gasteiger partial charge in [-0.15, -0.1) is 0 Å². The van der Waals surface area contributed by atoms with Crippen molar-refractivity contribution in [1.29, 1.82) is 0 Å². The van der Waals surface area contributed by atoms with E-state index in [9.17, 15) is 8.42 Å². The second-order valence-electron chi connectivity index (χ2n) is 4.59. The smallest absolute Gasteiger partial charge is 0.178 e. The molecular weight excluding hydrogens is 272 g/mol. The second kappa shape index (κ2) is 5.96. The summed E-state index contributed by atoms with van der Waals surface area (Å²) in [6.45, 7) is 1.85. The summed E-state index contributed by atoms with van der Waals surface area (Å²) in [5.74, 6) is 0.176. The molecule has 0 bridgehead atoms. The normalized spacial score (nSPS) is 11.2. The van der Waals surface area contributed by atoms with Crippen LogP contribution >= 0.6 is 0 Å². The molecule has 0 unspecified atom stereocenters. The van der Waals surface area contributed by atoms with Crippen LogP contribution in [0.1, 0.15) is 13.3 Å². The molecule has 0 saturated carbocycles. The molecule has 0 heterocycles. The third kappa shape index (κ3) is 3.51.